The standard InChI is InChI=1S/C16H20N4O.ClH/c1-12-3-5-14(6-4-12)20-13(2)11-15(18-20)16(21)19-9-7-17-8-10-19;/h3-6,11,17H,7-10H2,1-2H3;1H. The van der Waals surface area contributed by atoms with Gasteiger partial charge in [0, 0.05) is 31.9 Å². The zero-order chi connectivity index (χ0) is 14.8. The van der Waals surface area contributed by atoms with E-state index < -0.39 is 0 Å². The number of aryl methyl sites for hydroxylation is 2. The fourth-order valence-electron chi connectivity index (χ4n) is 2.56. The van der Waals surface area contributed by atoms with Gasteiger partial charge in [-0.3, -0.25) is 4.79 Å². The Morgan fingerprint density at radius 1 is 1.14 bits per heavy atom. The van der Waals surface area contributed by atoms with E-state index in [-0.39, 0.29) is 18.3 Å². The fraction of sp³-hybridized carbons (Fsp3) is 0.375. The van der Waals surface area contributed by atoms with Gasteiger partial charge >= 0.3 is 0 Å². The molecule has 22 heavy (non-hydrogen) atoms. The third kappa shape index (κ3) is 3.31. The van der Waals surface area contributed by atoms with Gasteiger partial charge in [0.15, 0.2) is 5.69 Å². The summed E-state index contributed by atoms with van der Waals surface area (Å²) in [6, 6.07) is 10.0. The number of nitrogens with zero attached hydrogens (tertiary/aromatic N) is 3. The summed E-state index contributed by atoms with van der Waals surface area (Å²) in [4.78, 5) is 14.3. The molecule has 0 aliphatic carbocycles. The van der Waals surface area contributed by atoms with Crippen LogP contribution in [0.5, 0.6) is 0 Å². The van der Waals surface area contributed by atoms with Gasteiger partial charge in [0.25, 0.3) is 5.91 Å². The van der Waals surface area contributed by atoms with E-state index in [1.807, 2.05) is 46.8 Å². The Balaban J connectivity index is 0.00000176. The summed E-state index contributed by atoms with van der Waals surface area (Å²) in [7, 11) is 0. The number of halogens is 1. The number of nitrogens with one attached hydrogen (secondary N) is 1. The first-order valence-corrected chi connectivity index (χ1v) is 7.29. The quantitative estimate of drug-likeness (QED) is 0.920. The Bertz CT molecular complexity index is 645. The largest absolute Gasteiger partial charge is 0.335 e. The topological polar surface area (TPSA) is 50.2 Å². The van der Waals surface area contributed by atoms with Crippen molar-refractivity contribution in [2.75, 3.05) is 26.2 Å². The molecule has 5 nitrogen and oxygen atoms in total. The van der Waals surface area contributed by atoms with E-state index in [9.17, 15) is 4.79 Å². The molecule has 0 saturated carbocycles. The fourth-order valence-corrected chi connectivity index (χ4v) is 2.56. The molecule has 1 N–H and O–H groups in total. The Hall–Kier alpha value is -1.85. The molecule has 6 heteroatoms. The lowest BCUT2D eigenvalue weighted by atomic mass is 10.2. The zero-order valence-corrected chi connectivity index (χ0v) is 13.7. The number of benzene rings is 1. The summed E-state index contributed by atoms with van der Waals surface area (Å²) < 4.78 is 1.83. The van der Waals surface area contributed by atoms with Crippen molar-refractivity contribution in [2.24, 2.45) is 0 Å². The molecule has 0 spiro atoms. The van der Waals surface area contributed by atoms with Crippen molar-refractivity contribution in [1.29, 1.82) is 0 Å². The molecule has 118 valence electrons. The molecule has 0 radical (unpaired) electrons. The number of amides is 1. The van der Waals surface area contributed by atoms with Crippen molar-refractivity contribution in [3.8, 4) is 5.69 Å². The maximum atomic E-state index is 12.5. The molecule has 0 unspecified atom stereocenters. The van der Waals surface area contributed by atoms with Crippen molar-refractivity contribution in [1.82, 2.24) is 20.0 Å². The smallest absolute Gasteiger partial charge is 0.274 e. The lowest BCUT2D eigenvalue weighted by Crippen LogP contribution is -2.46. The predicted octanol–water partition coefficient (Wildman–Crippen LogP) is 1.96. The van der Waals surface area contributed by atoms with E-state index in [1.54, 1.807) is 0 Å². The molecular formula is C16H21ClN4O. The van der Waals surface area contributed by atoms with E-state index in [4.69, 9.17) is 0 Å². The first-order valence-electron chi connectivity index (χ1n) is 7.29. The first-order chi connectivity index (χ1) is 10.1. The highest BCUT2D eigenvalue weighted by atomic mass is 35.5. The normalized spacial score (nSPS) is 14.5. The highest BCUT2D eigenvalue weighted by molar-refractivity contribution is 5.92. The molecule has 1 amide bonds. The van der Waals surface area contributed by atoms with Crippen molar-refractivity contribution >= 4 is 18.3 Å². The average molecular weight is 321 g/mol. The molecule has 1 saturated heterocycles. The molecule has 1 aromatic heterocycles. The summed E-state index contributed by atoms with van der Waals surface area (Å²) >= 11 is 0. The van der Waals surface area contributed by atoms with Crippen LogP contribution in [0.1, 0.15) is 21.7 Å². The number of rotatable bonds is 2. The average Bonchev–Trinajstić information content (AvgIpc) is 2.90. The molecule has 0 bridgehead atoms. The minimum Gasteiger partial charge on any atom is -0.335 e. The second kappa shape index (κ2) is 6.94. The lowest BCUT2D eigenvalue weighted by Gasteiger charge is -2.26. The monoisotopic (exact) mass is 320 g/mol. The van der Waals surface area contributed by atoms with Crippen molar-refractivity contribution in [3.05, 3.63) is 47.3 Å². The summed E-state index contributed by atoms with van der Waals surface area (Å²) in [5, 5.41) is 7.74. The van der Waals surface area contributed by atoms with Crippen LogP contribution in [-0.2, 0) is 0 Å². The number of carbonyl (C=O) groups is 1. The summed E-state index contributed by atoms with van der Waals surface area (Å²) in [5.41, 5.74) is 3.69. The SMILES string of the molecule is Cc1ccc(-n2nc(C(=O)N3CCNCC3)cc2C)cc1.Cl. The van der Waals surface area contributed by atoms with Gasteiger partial charge in [0.2, 0.25) is 0 Å². The van der Waals surface area contributed by atoms with Gasteiger partial charge < -0.3 is 10.2 Å². The predicted molar refractivity (Wildman–Crippen MR) is 89.1 cm³/mol. The van der Waals surface area contributed by atoms with Crippen LogP contribution in [0.3, 0.4) is 0 Å². The van der Waals surface area contributed by atoms with E-state index in [1.165, 1.54) is 5.56 Å². The zero-order valence-electron chi connectivity index (χ0n) is 12.9. The maximum absolute atomic E-state index is 12.5. The third-order valence-corrected chi connectivity index (χ3v) is 3.79. The van der Waals surface area contributed by atoms with Crippen LogP contribution in [0.15, 0.2) is 30.3 Å². The maximum Gasteiger partial charge on any atom is 0.274 e. The number of hydrogen-bond donors (Lipinski definition) is 1. The molecule has 1 aliphatic rings. The molecule has 3 rings (SSSR count). The number of aromatic nitrogens is 2. The number of piperazine rings is 1. The van der Waals surface area contributed by atoms with Gasteiger partial charge in [-0.05, 0) is 32.0 Å². The molecule has 1 aromatic carbocycles. The van der Waals surface area contributed by atoms with Gasteiger partial charge in [0.1, 0.15) is 0 Å². The van der Waals surface area contributed by atoms with E-state index in [2.05, 4.69) is 17.3 Å². The summed E-state index contributed by atoms with van der Waals surface area (Å²) in [5.74, 6) is 0.0189. The second-order valence-corrected chi connectivity index (χ2v) is 5.46. The Kier molecular flexibility index (Phi) is 5.21. The first kappa shape index (κ1) is 16.5. The van der Waals surface area contributed by atoms with Gasteiger partial charge in [-0.15, -0.1) is 12.4 Å². The van der Waals surface area contributed by atoms with E-state index in [0.717, 1.165) is 37.6 Å². The Morgan fingerprint density at radius 3 is 2.41 bits per heavy atom. The highest BCUT2D eigenvalue weighted by Gasteiger charge is 2.21. The van der Waals surface area contributed by atoms with Gasteiger partial charge in [-0.1, -0.05) is 17.7 Å². The van der Waals surface area contributed by atoms with Crippen LogP contribution >= 0.6 is 12.4 Å². The minimum absolute atomic E-state index is 0. The van der Waals surface area contributed by atoms with Crippen LogP contribution in [0.2, 0.25) is 0 Å². The van der Waals surface area contributed by atoms with Gasteiger partial charge in [-0.25, -0.2) is 4.68 Å². The van der Waals surface area contributed by atoms with E-state index in [0.29, 0.717) is 5.69 Å². The van der Waals surface area contributed by atoms with Crippen molar-refractivity contribution < 1.29 is 4.79 Å². The van der Waals surface area contributed by atoms with Gasteiger partial charge in [-0.2, -0.15) is 5.10 Å². The van der Waals surface area contributed by atoms with Crippen LogP contribution in [0.4, 0.5) is 0 Å². The molecular weight excluding hydrogens is 300 g/mol. The van der Waals surface area contributed by atoms with Crippen LogP contribution in [0, 0.1) is 13.8 Å². The molecule has 0 atom stereocenters. The van der Waals surface area contributed by atoms with Crippen LogP contribution in [-0.4, -0.2) is 46.8 Å². The molecule has 2 heterocycles. The van der Waals surface area contributed by atoms with Crippen molar-refractivity contribution in [2.45, 2.75) is 13.8 Å². The molecule has 1 aliphatic heterocycles. The summed E-state index contributed by atoms with van der Waals surface area (Å²) in [6.45, 7) is 7.22. The third-order valence-electron chi connectivity index (χ3n) is 3.79. The van der Waals surface area contributed by atoms with Gasteiger partial charge in [0.05, 0.1) is 5.69 Å². The minimum atomic E-state index is 0. The highest BCUT2D eigenvalue weighted by Crippen LogP contribution is 2.14. The summed E-state index contributed by atoms with van der Waals surface area (Å²) in [6.07, 6.45) is 0. The number of carbonyl (C=O) groups excluding carboxylic acids is 1. The Morgan fingerprint density at radius 2 is 1.77 bits per heavy atom. The molecule has 2 aromatic rings. The van der Waals surface area contributed by atoms with E-state index >= 15 is 0 Å². The lowest BCUT2D eigenvalue weighted by molar-refractivity contribution is 0.0729. The number of hydrogen-bond acceptors (Lipinski definition) is 3. The second-order valence-electron chi connectivity index (χ2n) is 5.46. The Labute approximate surface area is 136 Å². The van der Waals surface area contributed by atoms with Crippen LogP contribution in [0.25, 0.3) is 5.69 Å². The van der Waals surface area contributed by atoms with Crippen LogP contribution < -0.4 is 5.32 Å². The van der Waals surface area contributed by atoms with Crippen molar-refractivity contribution in [3.63, 3.8) is 0 Å². The molecule has 1 fully saturated rings.